The van der Waals surface area contributed by atoms with Gasteiger partial charge in [0.2, 0.25) is 0 Å². The minimum absolute atomic E-state index is 0.0129. The molecule has 0 aromatic rings. The van der Waals surface area contributed by atoms with Crippen molar-refractivity contribution in [2.75, 3.05) is 26.4 Å². The number of rotatable bonds is 37. The summed E-state index contributed by atoms with van der Waals surface area (Å²) in [6.45, 7) is 3.37. The molecule has 0 aromatic heterocycles. The topological polar surface area (TPSA) is 175 Å². The van der Waals surface area contributed by atoms with Gasteiger partial charge in [-0.3, -0.25) is 18.6 Å². The van der Waals surface area contributed by atoms with E-state index in [1.165, 1.54) is 77.0 Å². The molecule has 5 N–H and O–H groups in total. The first kappa shape index (κ1) is 50.9. The molecular formula is C41H74NO10P. The van der Waals surface area contributed by atoms with E-state index < -0.39 is 44.7 Å². The predicted molar refractivity (Wildman–Crippen MR) is 213 cm³/mol. The van der Waals surface area contributed by atoms with Gasteiger partial charge in [0.05, 0.1) is 25.4 Å². The van der Waals surface area contributed by atoms with Crippen LogP contribution in [0.15, 0.2) is 48.6 Å². The molecule has 53 heavy (non-hydrogen) atoms. The van der Waals surface area contributed by atoms with Crippen LogP contribution in [-0.4, -0.2) is 71.7 Å². The number of nitrogens with two attached hydrogens (primary N) is 1. The van der Waals surface area contributed by atoms with Gasteiger partial charge in [-0.25, -0.2) is 4.57 Å². The van der Waals surface area contributed by atoms with Crippen molar-refractivity contribution in [1.29, 1.82) is 0 Å². The number of ether oxygens (including phenoxy) is 2. The molecule has 4 unspecified atom stereocenters. The average Bonchev–Trinajstić information content (AvgIpc) is 3.13. The minimum atomic E-state index is -4.44. The molecule has 0 heterocycles. The Kier molecular flexibility index (Phi) is 35.4. The van der Waals surface area contributed by atoms with E-state index in [9.17, 15) is 29.3 Å². The van der Waals surface area contributed by atoms with Gasteiger partial charge in [-0.1, -0.05) is 152 Å². The van der Waals surface area contributed by atoms with E-state index in [2.05, 4.69) is 19.9 Å². The van der Waals surface area contributed by atoms with Crippen molar-refractivity contribution < 1.29 is 47.8 Å². The van der Waals surface area contributed by atoms with Crippen molar-refractivity contribution in [3.63, 3.8) is 0 Å². The van der Waals surface area contributed by atoms with Crippen LogP contribution in [0.3, 0.4) is 0 Å². The molecule has 308 valence electrons. The zero-order chi connectivity index (χ0) is 39.3. The Morgan fingerprint density at radius 2 is 1.21 bits per heavy atom. The fourth-order valence-corrected chi connectivity index (χ4v) is 6.06. The summed E-state index contributed by atoms with van der Waals surface area (Å²) in [6, 6.07) is 0. The smallest absolute Gasteiger partial charge is 0.462 e. The van der Waals surface area contributed by atoms with Gasteiger partial charge in [0, 0.05) is 19.4 Å². The summed E-state index contributed by atoms with van der Waals surface area (Å²) in [5.41, 5.74) is 5.32. The van der Waals surface area contributed by atoms with Gasteiger partial charge in [-0.15, -0.1) is 0 Å². The van der Waals surface area contributed by atoms with E-state index in [0.717, 1.165) is 25.7 Å². The molecule has 0 saturated carbocycles. The Morgan fingerprint density at radius 1 is 0.660 bits per heavy atom. The van der Waals surface area contributed by atoms with E-state index in [1.54, 1.807) is 36.5 Å². The number of carbonyl (C=O) groups excluding carboxylic acids is 2. The second-order valence-electron chi connectivity index (χ2n) is 13.6. The molecule has 0 bridgehead atoms. The fourth-order valence-electron chi connectivity index (χ4n) is 5.30. The van der Waals surface area contributed by atoms with Crippen molar-refractivity contribution in [3.8, 4) is 0 Å². The van der Waals surface area contributed by atoms with E-state index in [-0.39, 0.29) is 32.6 Å². The van der Waals surface area contributed by atoms with Crippen LogP contribution in [0, 0.1) is 0 Å². The first-order chi connectivity index (χ1) is 25.6. The number of phosphoric ester groups is 1. The van der Waals surface area contributed by atoms with Crippen LogP contribution >= 0.6 is 7.82 Å². The van der Waals surface area contributed by atoms with E-state index in [4.69, 9.17) is 24.3 Å². The first-order valence-electron chi connectivity index (χ1n) is 20.3. The summed E-state index contributed by atoms with van der Waals surface area (Å²) < 4.78 is 32.5. The summed E-state index contributed by atoms with van der Waals surface area (Å²) in [5, 5.41) is 20.3. The highest BCUT2D eigenvalue weighted by molar-refractivity contribution is 7.47. The van der Waals surface area contributed by atoms with Crippen molar-refractivity contribution in [3.05, 3.63) is 48.6 Å². The normalized spacial score (nSPS) is 15.1. The summed E-state index contributed by atoms with van der Waals surface area (Å²) >= 11 is 0. The summed E-state index contributed by atoms with van der Waals surface area (Å²) in [5.74, 6) is -1.07. The highest BCUT2D eigenvalue weighted by atomic mass is 31.2. The Hall–Kier alpha value is -2.11. The molecule has 0 aromatic carbocycles. The monoisotopic (exact) mass is 772 g/mol. The molecule has 0 aliphatic carbocycles. The van der Waals surface area contributed by atoms with Crippen molar-refractivity contribution in [2.24, 2.45) is 5.73 Å². The number of unbranched alkanes of at least 4 members (excludes halogenated alkanes) is 15. The Balaban J connectivity index is 4.48. The van der Waals surface area contributed by atoms with Gasteiger partial charge in [-0.2, -0.15) is 0 Å². The summed E-state index contributed by atoms with van der Waals surface area (Å²) in [4.78, 5) is 34.8. The minimum Gasteiger partial charge on any atom is -0.462 e. The maximum absolute atomic E-state index is 12.6. The van der Waals surface area contributed by atoms with Gasteiger partial charge in [0.25, 0.3) is 0 Å². The molecule has 0 amide bonds. The predicted octanol–water partition coefficient (Wildman–Crippen LogP) is 9.10. The van der Waals surface area contributed by atoms with Crippen molar-refractivity contribution in [1.82, 2.24) is 0 Å². The third kappa shape index (κ3) is 36.6. The maximum atomic E-state index is 12.6. The van der Waals surface area contributed by atoms with Gasteiger partial charge in [-0.05, 0) is 38.5 Å². The number of aliphatic hydroxyl groups is 2. The molecule has 12 heteroatoms. The molecule has 0 spiro atoms. The lowest BCUT2D eigenvalue weighted by Gasteiger charge is -2.20. The standard InChI is InChI=1S/C41H74NO10P/c1-3-5-7-9-11-12-13-14-15-16-17-19-25-31-40(45)49-35-39(36-51-53(47,48)50-34-33-42)52-41(46)32-26-30-38(44)29-24-21-20-23-28-37(43)27-22-18-10-8-6-4-2/h18,20-24,28-29,37-39,43-44H,3-17,19,25-27,30-36,42H2,1-2H3,(H,47,48)/b21-20+,22-18+,28-23+,29-24+. The SMILES string of the molecule is CCCCC/C=C/CC(O)/C=C/C=C/C=C/C(O)CCCC(=O)OC(COC(=O)CCCCCCCCCCCCCCC)COP(=O)(O)OCCN. The number of hydrogen-bond acceptors (Lipinski definition) is 10. The lowest BCUT2D eigenvalue weighted by Crippen LogP contribution is -2.29. The van der Waals surface area contributed by atoms with Crippen LogP contribution in [0.25, 0.3) is 0 Å². The number of esters is 2. The molecule has 11 nitrogen and oxygen atoms in total. The highest BCUT2D eigenvalue weighted by Gasteiger charge is 2.26. The van der Waals surface area contributed by atoms with E-state index in [1.807, 2.05) is 6.08 Å². The quantitative estimate of drug-likeness (QED) is 0.0156. The van der Waals surface area contributed by atoms with Crippen LogP contribution < -0.4 is 5.73 Å². The molecule has 0 aliphatic rings. The van der Waals surface area contributed by atoms with Gasteiger partial charge < -0.3 is 30.3 Å². The lowest BCUT2D eigenvalue weighted by molar-refractivity contribution is -0.161. The zero-order valence-electron chi connectivity index (χ0n) is 33.0. The zero-order valence-corrected chi connectivity index (χ0v) is 33.9. The summed E-state index contributed by atoms with van der Waals surface area (Å²) in [6.07, 6.45) is 33.4. The Bertz CT molecular complexity index is 1050. The third-order valence-corrected chi connectivity index (χ3v) is 9.39. The second-order valence-corrected chi connectivity index (χ2v) is 15.0. The Labute approximate surface area is 321 Å². The highest BCUT2D eigenvalue weighted by Crippen LogP contribution is 2.43. The molecule has 0 radical (unpaired) electrons. The summed E-state index contributed by atoms with van der Waals surface area (Å²) in [7, 11) is -4.44. The molecule has 4 atom stereocenters. The first-order valence-corrected chi connectivity index (χ1v) is 21.8. The van der Waals surface area contributed by atoms with E-state index in [0.29, 0.717) is 25.7 Å². The average molecular weight is 772 g/mol. The molecule has 0 saturated heterocycles. The number of phosphoric acid groups is 1. The third-order valence-electron chi connectivity index (χ3n) is 8.41. The molecule has 0 aliphatic heterocycles. The molecular weight excluding hydrogens is 697 g/mol. The molecule has 0 rings (SSSR count). The Morgan fingerprint density at radius 3 is 1.81 bits per heavy atom. The van der Waals surface area contributed by atoms with Crippen LogP contribution in [0.2, 0.25) is 0 Å². The molecule has 0 fully saturated rings. The van der Waals surface area contributed by atoms with Crippen LogP contribution in [0.1, 0.15) is 155 Å². The van der Waals surface area contributed by atoms with Crippen molar-refractivity contribution >= 4 is 19.8 Å². The van der Waals surface area contributed by atoms with Gasteiger partial charge >= 0.3 is 19.8 Å². The lowest BCUT2D eigenvalue weighted by atomic mass is 10.0. The van der Waals surface area contributed by atoms with Gasteiger partial charge in [0.15, 0.2) is 6.10 Å². The number of hydrogen-bond donors (Lipinski definition) is 4. The number of allylic oxidation sites excluding steroid dienone is 5. The van der Waals surface area contributed by atoms with Crippen LogP contribution in [0.5, 0.6) is 0 Å². The second kappa shape index (κ2) is 36.8. The van der Waals surface area contributed by atoms with E-state index >= 15 is 0 Å². The fraction of sp³-hybridized carbons (Fsp3) is 0.756. The van der Waals surface area contributed by atoms with Crippen LogP contribution in [0.4, 0.5) is 0 Å². The largest absolute Gasteiger partial charge is 0.472 e. The van der Waals surface area contributed by atoms with Crippen LogP contribution in [-0.2, 0) is 32.7 Å². The maximum Gasteiger partial charge on any atom is 0.472 e. The number of aliphatic hydroxyl groups excluding tert-OH is 2. The van der Waals surface area contributed by atoms with Crippen molar-refractivity contribution in [2.45, 2.75) is 173 Å². The number of carbonyl (C=O) groups is 2. The van der Waals surface area contributed by atoms with Gasteiger partial charge in [0.1, 0.15) is 6.61 Å².